The topological polar surface area (TPSA) is 206 Å². The molecule has 0 bridgehead atoms. The second-order valence-corrected chi connectivity index (χ2v) is 14.2. The maximum Gasteiger partial charge on any atom is 0.312 e. The van der Waals surface area contributed by atoms with Crippen LogP contribution >= 0.6 is 0 Å². The number of urea groups is 1. The van der Waals surface area contributed by atoms with Crippen molar-refractivity contribution in [3.8, 4) is 0 Å². The van der Waals surface area contributed by atoms with Crippen LogP contribution in [-0.4, -0.2) is 101 Å². The number of nitrogens with two attached hydrogens (primary N) is 1. The SMILES string of the molecule is CC(C)CCOCCOCCOCCOCCC(=O)NC(C(=O)NC(CCCNC(N)=O)C(=O)Nc1ccc(COC(=O)C(C)(C)C)cc1)C(C)C. The Labute approximate surface area is 309 Å². The molecule has 0 spiro atoms. The molecule has 0 aliphatic rings. The van der Waals surface area contributed by atoms with Crippen molar-refractivity contribution in [3.63, 3.8) is 0 Å². The molecular weight excluding hydrogens is 674 g/mol. The molecule has 15 nitrogen and oxygen atoms in total. The van der Waals surface area contributed by atoms with Gasteiger partial charge in [-0.25, -0.2) is 4.79 Å². The van der Waals surface area contributed by atoms with Crippen LogP contribution in [0.25, 0.3) is 0 Å². The maximum atomic E-state index is 13.4. The fourth-order valence-electron chi connectivity index (χ4n) is 4.35. The van der Waals surface area contributed by atoms with Crippen molar-refractivity contribution in [1.29, 1.82) is 0 Å². The summed E-state index contributed by atoms with van der Waals surface area (Å²) in [6, 6.07) is 4.19. The first-order valence-electron chi connectivity index (χ1n) is 18.1. The Morgan fingerprint density at radius 3 is 1.81 bits per heavy atom. The van der Waals surface area contributed by atoms with Gasteiger partial charge in [-0.05, 0) is 69.6 Å². The Morgan fingerprint density at radius 1 is 0.731 bits per heavy atom. The molecule has 0 aromatic heterocycles. The number of carbonyl (C=O) groups excluding carboxylic acids is 5. The van der Waals surface area contributed by atoms with E-state index < -0.39 is 35.3 Å². The monoisotopic (exact) mass is 737 g/mol. The molecule has 6 N–H and O–H groups in total. The van der Waals surface area contributed by atoms with Gasteiger partial charge in [0, 0.05) is 25.3 Å². The van der Waals surface area contributed by atoms with Gasteiger partial charge in [-0.1, -0.05) is 39.8 Å². The van der Waals surface area contributed by atoms with Crippen LogP contribution in [0.1, 0.15) is 79.7 Å². The lowest BCUT2D eigenvalue weighted by Gasteiger charge is -2.25. The lowest BCUT2D eigenvalue weighted by Crippen LogP contribution is -2.54. The number of anilines is 1. The molecule has 1 aromatic rings. The van der Waals surface area contributed by atoms with Gasteiger partial charge in [0.25, 0.3) is 0 Å². The van der Waals surface area contributed by atoms with Crippen LogP contribution < -0.4 is 27.0 Å². The number of primary amides is 1. The van der Waals surface area contributed by atoms with E-state index in [-0.39, 0.29) is 50.4 Å². The van der Waals surface area contributed by atoms with Crippen LogP contribution in [-0.2, 0) is 49.5 Å². The molecule has 296 valence electrons. The van der Waals surface area contributed by atoms with Crippen molar-refractivity contribution >= 4 is 35.4 Å². The normalized spacial score (nSPS) is 12.6. The molecule has 1 rings (SSSR count). The average Bonchev–Trinajstić information content (AvgIpc) is 3.07. The summed E-state index contributed by atoms with van der Waals surface area (Å²) >= 11 is 0. The Morgan fingerprint density at radius 2 is 1.29 bits per heavy atom. The maximum absolute atomic E-state index is 13.4. The summed E-state index contributed by atoms with van der Waals surface area (Å²) in [5.74, 6) is -1.39. The summed E-state index contributed by atoms with van der Waals surface area (Å²) in [4.78, 5) is 62.6. The Bertz CT molecular complexity index is 1200. The highest BCUT2D eigenvalue weighted by Crippen LogP contribution is 2.18. The molecule has 52 heavy (non-hydrogen) atoms. The number of ether oxygens (including phenoxy) is 5. The van der Waals surface area contributed by atoms with Gasteiger partial charge in [0.05, 0.1) is 51.7 Å². The number of hydrogen-bond acceptors (Lipinski definition) is 10. The molecule has 0 heterocycles. The largest absolute Gasteiger partial charge is 0.460 e. The summed E-state index contributed by atoms with van der Waals surface area (Å²) in [6.45, 7) is 16.9. The molecule has 5 amide bonds. The second kappa shape index (κ2) is 26.0. The van der Waals surface area contributed by atoms with Crippen molar-refractivity contribution in [1.82, 2.24) is 16.0 Å². The van der Waals surface area contributed by atoms with Crippen LogP contribution in [0.4, 0.5) is 10.5 Å². The van der Waals surface area contributed by atoms with Gasteiger partial charge >= 0.3 is 12.0 Å². The summed E-state index contributed by atoms with van der Waals surface area (Å²) in [7, 11) is 0. The molecule has 0 fully saturated rings. The van der Waals surface area contributed by atoms with Crippen molar-refractivity contribution in [3.05, 3.63) is 29.8 Å². The zero-order valence-electron chi connectivity index (χ0n) is 32.2. The summed E-state index contributed by atoms with van der Waals surface area (Å²) in [6.07, 6.45) is 1.59. The molecular formula is C37H63N5O10. The summed E-state index contributed by atoms with van der Waals surface area (Å²) in [5, 5.41) is 10.8. The predicted molar refractivity (Wildman–Crippen MR) is 197 cm³/mol. The van der Waals surface area contributed by atoms with E-state index in [0.29, 0.717) is 57.7 Å². The highest BCUT2D eigenvalue weighted by molar-refractivity contribution is 5.98. The Kier molecular flexibility index (Phi) is 23.2. The van der Waals surface area contributed by atoms with Gasteiger partial charge in [0.15, 0.2) is 0 Å². The zero-order chi connectivity index (χ0) is 38.9. The molecule has 2 atom stereocenters. The first-order chi connectivity index (χ1) is 24.6. The van der Waals surface area contributed by atoms with E-state index in [9.17, 15) is 24.0 Å². The third kappa shape index (κ3) is 22.2. The first-order valence-corrected chi connectivity index (χ1v) is 18.1. The number of carbonyl (C=O) groups is 5. The number of nitrogens with one attached hydrogen (secondary N) is 4. The number of benzene rings is 1. The minimum Gasteiger partial charge on any atom is -0.460 e. The standard InChI is InChI=1S/C37H63N5O10/c1-26(2)14-17-48-19-21-50-23-24-51-22-20-49-18-15-31(43)42-32(27(3)4)34(45)41-30(9-8-16-39-36(38)47)33(44)40-29-12-10-28(11-13-29)25-52-35(46)37(5,6)7/h10-13,26-27,30,32H,8-9,14-25H2,1-7H3,(H,40,44)(H,41,45)(H,42,43)(H3,38,39,47). The van der Waals surface area contributed by atoms with E-state index in [2.05, 4.69) is 35.1 Å². The van der Waals surface area contributed by atoms with E-state index in [0.717, 1.165) is 18.6 Å². The minimum absolute atomic E-state index is 0.0323. The third-order valence-electron chi connectivity index (χ3n) is 7.50. The van der Waals surface area contributed by atoms with E-state index in [4.69, 9.17) is 29.4 Å². The highest BCUT2D eigenvalue weighted by atomic mass is 16.6. The van der Waals surface area contributed by atoms with Crippen molar-refractivity contribution < 1.29 is 47.7 Å². The fraction of sp³-hybridized carbons (Fsp3) is 0.703. The second-order valence-electron chi connectivity index (χ2n) is 14.2. The fourth-order valence-corrected chi connectivity index (χ4v) is 4.35. The molecule has 0 radical (unpaired) electrons. The van der Waals surface area contributed by atoms with Gasteiger partial charge in [0.1, 0.15) is 18.7 Å². The van der Waals surface area contributed by atoms with Crippen LogP contribution in [0.2, 0.25) is 0 Å². The molecule has 0 aliphatic carbocycles. The lowest BCUT2D eigenvalue weighted by atomic mass is 9.97. The van der Waals surface area contributed by atoms with Gasteiger partial charge < -0.3 is 50.7 Å². The first kappa shape index (κ1) is 46.2. The van der Waals surface area contributed by atoms with Crippen LogP contribution in [0.5, 0.6) is 0 Å². The van der Waals surface area contributed by atoms with Crippen molar-refractivity contribution in [2.45, 2.75) is 92.8 Å². The van der Waals surface area contributed by atoms with E-state index >= 15 is 0 Å². The van der Waals surface area contributed by atoms with Gasteiger partial charge in [-0.15, -0.1) is 0 Å². The molecule has 0 aliphatic heterocycles. The number of amides is 5. The lowest BCUT2D eigenvalue weighted by molar-refractivity contribution is -0.154. The van der Waals surface area contributed by atoms with Crippen LogP contribution in [0.3, 0.4) is 0 Å². The quantitative estimate of drug-likeness (QED) is 0.0658. The smallest absolute Gasteiger partial charge is 0.312 e. The molecule has 0 saturated carbocycles. The minimum atomic E-state index is -0.982. The zero-order valence-corrected chi connectivity index (χ0v) is 32.2. The van der Waals surface area contributed by atoms with E-state index in [1.54, 1.807) is 58.9 Å². The van der Waals surface area contributed by atoms with Gasteiger partial charge in [-0.2, -0.15) is 0 Å². The molecule has 1 aromatic carbocycles. The summed E-state index contributed by atoms with van der Waals surface area (Å²) < 4.78 is 27.3. The Hall–Kier alpha value is -3.79. The molecule has 0 saturated heterocycles. The predicted octanol–water partition coefficient (Wildman–Crippen LogP) is 3.29. The number of esters is 1. The number of hydrogen-bond donors (Lipinski definition) is 5. The van der Waals surface area contributed by atoms with Crippen LogP contribution in [0.15, 0.2) is 24.3 Å². The van der Waals surface area contributed by atoms with E-state index in [1.165, 1.54) is 0 Å². The summed E-state index contributed by atoms with van der Waals surface area (Å²) in [5.41, 5.74) is 5.74. The van der Waals surface area contributed by atoms with Gasteiger partial charge in [-0.3, -0.25) is 19.2 Å². The average molecular weight is 738 g/mol. The van der Waals surface area contributed by atoms with Crippen molar-refractivity contribution in [2.75, 3.05) is 64.7 Å². The van der Waals surface area contributed by atoms with E-state index in [1.807, 2.05) is 0 Å². The molecule has 2 unspecified atom stereocenters. The highest BCUT2D eigenvalue weighted by Gasteiger charge is 2.29. The van der Waals surface area contributed by atoms with Gasteiger partial charge in [0.2, 0.25) is 17.7 Å². The van der Waals surface area contributed by atoms with Crippen molar-refractivity contribution in [2.24, 2.45) is 23.0 Å². The Balaban J connectivity index is 2.56. The third-order valence-corrected chi connectivity index (χ3v) is 7.50. The molecule has 15 heteroatoms. The van der Waals surface area contributed by atoms with Crippen LogP contribution in [0, 0.1) is 17.3 Å². The number of rotatable bonds is 27.